The summed E-state index contributed by atoms with van der Waals surface area (Å²) in [5, 5.41) is 3.64. The van der Waals surface area contributed by atoms with Crippen LogP contribution in [0, 0.1) is 13.8 Å². The summed E-state index contributed by atoms with van der Waals surface area (Å²) in [6, 6.07) is 9.52. The van der Waals surface area contributed by atoms with E-state index in [0.717, 1.165) is 33.2 Å². The summed E-state index contributed by atoms with van der Waals surface area (Å²) in [4.78, 5) is 24.2. The van der Waals surface area contributed by atoms with E-state index in [-0.39, 0.29) is 18.9 Å². The second-order valence-electron chi connectivity index (χ2n) is 7.27. The third-order valence-corrected chi connectivity index (χ3v) is 5.22. The van der Waals surface area contributed by atoms with Gasteiger partial charge in [0.25, 0.3) is 5.91 Å². The molecule has 3 aromatic rings. The molecule has 0 aliphatic carbocycles. The van der Waals surface area contributed by atoms with E-state index in [1.54, 1.807) is 20.5 Å². The van der Waals surface area contributed by atoms with Gasteiger partial charge in [-0.2, -0.15) is 0 Å². The van der Waals surface area contributed by atoms with Crippen LogP contribution in [0.3, 0.4) is 0 Å². The molecule has 3 rings (SSSR count). The smallest absolute Gasteiger partial charge is 0.310 e. The number of aryl methyl sites for hydroxylation is 2. The van der Waals surface area contributed by atoms with E-state index < -0.39 is 5.97 Å². The molecule has 0 spiro atoms. The molecule has 1 aromatic heterocycles. The predicted octanol–water partition coefficient (Wildman–Crippen LogP) is 3.51. The van der Waals surface area contributed by atoms with Crippen molar-refractivity contribution in [2.75, 3.05) is 27.4 Å². The number of carbonyl (C=O) groups excluding carboxylic acids is 2. The van der Waals surface area contributed by atoms with Crippen molar-refractivity contribution in [1.82, 2.24) is 5.32 Å². The van der Waals surface area contributed by atoms with Crippen LogP contribution in [-0.2, 0) is 27.2 Å². The molecular weight excluding hydrogens is 398 g/mol. The maximum atomic E-state index is 12.2. The fourth-order valence-corrected chi connectivity index (χ4v) is 3.31. The minimum Gasteiger partial charge on any atom is -0.493 e. The highest BCUT2D eigenvalue weighted by molar-refractivity contribution is 5.89. The average Bonchev–Trinajstić information content (AvgIpc) is 3.17. The Morgan fingerprint density at radius 2 is 1.81 bits per heavy atom. The second-order valence-corrected chi connectivity index (χ2v) is 7.27. The molecule has 164 valence electrons. The Morgan fingerprint density at radius 3 is 2.55 bits per heavy atom. The maximum absolute atomic E-state index is 12.2. The molecule has 0 radical (unpaired) electrons. The van der Waals surface area contributed by atoms with E-state index in [0.29, 0.717) is 24.5 Å². The third-order valence-electron chi connectivity index (χ3n) is 5.22. The minimum atomic E-state index is -0.476. The summed E-state index contributed by atoms with van der Waals surface area (Å²) < 4.78 is 21.2. The first-order valence-electron chi connectivity index (χ1n) is 10.0. The van der Waals surface area contributed by atoms with Gasteiger partial charge in [0.15, 0.2) is 18.1 Å². The highest BCUT2D eigenvalue weighted by Crippen LogP contribution is 2.28. The largest absolute Gasteiger partial charge is 0.493 e. The summed E-state index contributed by atoms with van der Waals surface area (Å²) in [5.74, 6) is 0.462. The van der Waals surface area contributed by atoms with Crippen molar-refractivity contribution in [2.45, 2.75) is 26.7 Å². The lowest BCUT2D eigenvalue weighted by molar-refractivity contribution is -0.147. The fourth-order valence-electron chi connectivity index (χ4n) is 3.31. The third kappa shape index (κ3) is 5.36. The summed E-state index contributed by atoms with van der Waals surface area (Å²) in [7, 11) is 3.16. The number of esters is 1. The zero-order chi connectivity index (χ0) is 22.4. The van der Waals surface area contributed by atoms with E-state index in [2.05, 4.69) is 5.32 Å². The maximum Gasteiger partial charge on any atom is 0.310 e. The Kier molecular flexibility index (Phi) is 7.18. The molecular formula is C24H27NO6. The molecule has 0 saturated heterocycles. The molecule has 0 aliphatic heterocycles. The van der Waals surface area contributed by atoms with E-state index in [1.165, 1.54) is 0 Å². The van der Waals surface area contributed by atoms with Gasteiger partial charge in [0.2, 0.25) is 0 Å². The van der Waals surface area contributed by atoms with Gasteiger partial charge >= 0.3 is 5.97 Å². The zero-order valence-corrected chi connectivity index (χ0v) is 18.2. The minimum absolute atomic E-state index is 0.0500. The summed E-state index contributed by atoms with van der Waals surface area (Å²) in [5.41, 5.74) is 4.69. The van der Waals surface area contributed by atoms with E-state index in [1.807, 2.05) is 44.2 Å². The fraction of sp³-hybridized carbons (Fsp3) is 0.333. The Hall–Kier alpha value is -3.48. The second kappa shape index (κ2) is 10.0. The molecule has 0 atom stereocenters. The lowest BCUT2D eigenvalue weighted by atomic mass is 10.0. The molecule has 0 unspecified atom stereocenters. The van der Waals surface area contributed by atoms with Crippen molar-refractivity contribution in [1.29, 1.82) is 0 Å². The van der Waals surface area contributed by atoms with E-state index in [9.17, 15) is 9.59 Å². The van der Waals surface area contributed by atoms with Crippen molar-refractivity contribution in [3.8, 4) is 11.5 Å². The highest BCUT2D eigenvalue weighted by Gasteiger charge is 2.15. The Balaban J connectivity index is 1.45. The number of nitrogens with one attached hydrogen (secondary N) is 1. The van der Waals surface area contributed by atoms with Gasteiger partial charge in [-0.15, -0.1) is 0 Å². The Morgan fingerprint density at radius 1 is 1.03 bits per heavy atom. The van der Waals surface area contributed by atoms with Crippen LogP contribution in [0.25, 0.3) is 11.0 Å². The SMILES string of the molecule is COc1ccc(CCNC(=O)COC(=O)Cc2coc3c(C)c(C)ccc23)cc1OC. The van der Waals surface area contributed by atoms with Gasteiger partial charge in [0.05, 0.1) is 26.9 Å². The zero-order valence-electron chi connectivity index (χ0n) is 18.2. The van der Waals surface area contributed by atoms with Crippen LogP contribution in [0.4, 0.5) is 0 Å². The van der Waals surface area contributed by atoms with Crippen molar-refractivity contribution in [3.63, 3.8) is 0 Å². The van der Waals surface area contributed by atoms with Crippen LogP contribution in [0.15, 0.2) is 41.0 Å². The quantitative estimate of drug-likeness (QED) is 0.528. The van der Waals surface area contributed by atoms with Crippen LogP contribution in [-0.4, -0.2) is 39.2 Å². The number of benzene rings is 2. The molecule has 1 amide bonds. The monoisotopic (exact) mass is 425 g/mol. The molecule has 0 bridgehead atoms. The summed E-state index contributed by atoms with van der Waals surface area (Å²) in [6.45, 7) is 4.08. The predicted molar refractivity (Wildman–Crippen MR) is 117 cm³/mol. The lowest BCUT2D eigenvalue weighted by Crippen LogP contribution is -2.30. The Labute approximate surface area is 181 Å². The van der Waals surface area contributed by atoms with Crippen molar-refractivity contribution in [2.24, 2.45) is 0 Å². The molecule has 0 fully saturated rings. The number of furan rings is 1. The highest BCUT2D eigenvalue weighted by atomic mass is 16.5. The summed E-state index contributed by atoms with van der Waals surface area (Å²) >= 11 is 0. The molecule has 0 aliphatic rings. The van der Waals surface area contributed by atoms with Crippen molar-refractivity contribution >= 4 is 22.8 Å². The first-order chi connectivity index (χ1) is 14.9. The number of amides is 1. The van der Waals surface area contributed by atoms with Crippen LogP contribution in [0.5, 0.6) is 11.5 Å². The van der Waals surface area contributed by atoms with Gasteiger partial charge in [-0.1, -0.05) is 18.2 Å². The van der Waals surface area contributed by atoms with Crippen LogP contribution >= 0.6 is 0 Å². The molecule has 1 N–H and O–H groups in total. The van der Waals surface area contributed by atoms with Crippen LogP contribution in [0.2, 0.25) is 0 Å². The van der Waals surface area contributed by atoms with Gasteiger partial charge in [-0.05, 0) is 49.1 Å². The molecule has 7 heteroatoms. The number of carbonyl (C=O) groups is 2. The molecule has 0 saturated carbocycles. The summed E-state index contributed by atoms with van der Waals surface area (Å²) in [6.07, 6.45) is 2.23. The molecule has 2 aromatic carbocycles. The molecule has 7 nitrogen and oxygen atoms in total. The Bertz CT molecular complexity index is 1090. The molecule has 1 heterocycles. The topological polar surface area (TPSA) is 87.0 Å². The number of fused-ring (bicyclic) bond motifs is 1. The van der Waals surface area contributed by atoms with Crippen LogP contribution < -0.4 is 14.8 Å². The number of hydrogen-bond donors (Lipinski definition) is 1. The number of methoxy groups -OCH3 is 2. The van der Waals surface area contributed by atoms with Gasteiger partial charge < -0.3 is 23.9 Å². The lowest BCUT2D eigenvalue weighted by Gasteiger charge is -2.10. The number of rotatable bonds is 9. The van der Waals surface area contributed by atoms with Gasteiger partial charge in [0, 0.05) is 17.5 Å². The number of ether oxygens (including phenoxy) is 3. The van der Waals surface area contributed by atoms with Gasteiger partial charge in [-0.3, -0.25) is 9.59 Å². The van der Waals surface area contributed by atoms with E-state index >= 15 is 0 Å². The molecule has 31 heavy (non-hydrogen) atoms. The number of hydrogen-bond acceptors (Lipinski definition) is 6. The van der Waals surface area contributed by atoms with Gasteiger partial charge in [0.1, 0.15) is 5.58 Å². The van der Waals surface area contributed by atoms with Crippen molar-refractivity contribution < 1.29 is 28.2 Å². The first kappa shape index (κ1) is 22.2. The normalized spacial score (nSPS) is 10.7. The van der Waals surface area contributed by atoms with Crippen LogP contribution in [0.1, 0.15) is 22.3 Å². The first-order valence-corrected chi connectivity index (χ1v) is 10.0. The van der Waals surface area contributed by atoms with Crippen molar-refractivity contribution in [3.05, 3.63) is 58.8 Å². The van der Waals surface area contributed by atoms with E-state index in [4.69, 9.17) is 18.6 Å². The van der Waals surface area contributed by atoms with Gasteiger partial charge in [-0.25, -0.2) is 0 Å². The standard InChI is InChI=1S/C24H27NO6/c1-15-5-7-19-18(13-31-24(19)16(15)2)12-23(27)30-14-22(26)25-10-9-17-6-8-20(28-3)21(11-17)29-4/h5-8,11,13H,9-10,12,14H2,1-4H3,(H,25,26). The average molecular weight is 425 g/mol.